The fraction of sp³-hybridized carbons (Fsp3) is 0.111. The van der Waals surface area contributed by atoms with Crippen molar-refractivity contribution in [1.29, 1.82) is 0 Å². The predicted octanol–water partition coefficient (Wildman–Crippen LogP) is 2.71. The fourth-order valence-electron chi connectivity index (χ4n) is 2.51. The third kappa shape index (κ3) is 3.76. The molecular weight excluding hydrogens is 386 g/mol. The molecular formula is C18H15N3O6S. The highest BCUT2D eigenvalue weighted by Gasteiger charge is 2.20. The fourth-order valence-corrected chi connectivity index (χ4v) is 3.39. The molecule has 10 heteroatoms. The van der Waals surface area contributed by atoms with Crippen LogP contribution in [0.15, 0.2) is 67.7 Å². The smallest absolute Gasteiger partial charge is 0.345 e. The number of benzene rings is 2. The van der Waals surface area contributed by atoms with Gasteiger partial charge in [-0.25, -0.2) is 4.79 Å². The lowest BCUT2D eigenvalue weighted by atomic mass is 10.1. The molecule has 0 radical (unpaired) electrons. The molecule has 0 aliphatic rings. The van der Waals surface area contributed by atoms with Gasteiger partial charge in [0.05, 0.1) is 21.1 Å². The molecule has 0 atom stereocenters. The maximum Gasteiger partial charge on any atom is 0.345 e. The van der Waals surface area contributed by atoms with Gasteiger partial charge in [-0.3, -0.25) is 10.1 Å². The van der Waals surface area contributed by atoms with Crippen molar-refractivity contribution in [2.45, 2.75) is 18.7 Å². The van der Waals surface area contributed by atoms with Gasteiger partial charge in [0.1, 0.15) is 5.58 Å². The number of hydrogen-bond acceptors (Lipinski definition) is 7. The molecule has 28 heavy (non-hydrogen) atoms. The quantitative estimate of drug-likeness (QED) is 0.303. The molecule has 0 unspecified atom stereocenters. The molecule has 0 saturated carbocycles. The maximum atomic E-state index is 12.4. The van der Waals surface area contributed by atoms with Crippen molar-refractivity contribution in [3.05, 3.63) is 80.2 Å². The average molecular weight is 401 g/mol. The number of nitrogens with one attached hydrogen (secondary N) is 1. The number of para-hydroxylation sites is 1. The second kappa shape index (κ2) is 7.24. The van der Waals surface area contributed by atoms with E-state index in [4.69, 9.17) is 4.42 Å². The summed E-state index contributed by atoms with van der Waals surface area (Å²) >= 11 is 0. The Morgan fingerprint density at radius 3 is 2.61 bits per heavy atom. The Kier molecular flexibility index (Phi) is 4.97. The number of sulfonamides is 1. The van der Waals surface area contributed by atoms with E-state index < -0.39 is 20.6 Å². The van der Waals surface area contributed by atoms with E-state index in [2.05, 4.69) is 5.10 Å². The Morgan fingerprint density at radius 2 is 1.89 bits per heavy atom. The van der Waals surface area contributed by atoms with E-state index in [1.54, 1.807) is 30.3 Å². The molecule has 1 aromatic heterocycles. The lowest BCUT2D eigenvalue weighted by Gasteiger charge is -2.06. The van der Waals surface area contributed by atoms with E-state index in [1.165, 1.54) is 26.0 Å². The molecule has 0 saturated heterocycles. The SMILES string of the molecule is C/C(=N/NS(=O)(=O)c1ccc(C)c([N+](=O)[O-])c1)c1cc2ccccc2oc1=O. The topological polar surface area (TPSA) is 132 Å². The van der Waals surface area contributed by atoms with E-state index in [9.17, 15) is 23.3 Å². The minimum absolute atomic E-state index is 0.0877. The number of nitro groups is 1. The summed E-state index contributed by atoms with van der Waals surface area (Å²) in [5.41, 5.74) is -0.0705. The first-order chi connectivity index (χ1) is 13.2. The largest absolute Gasteiger partial charge is 0.422 e. The summed E-state index contributed by atoms with van der Waals surface area (Å²) in [6.45, 7) is 2.95. The van der Waals surface area contributed by atoms with Crippen LogP contribution in [0.5, 0.6) is 0 Å². The van der Waals surface area contributed by atoms with Crippen LogP contribution >= 0.6 is 0 Å². The van der Waals surface area contributed by atoms with Gasteiger partial charge in [-0.15, -0.1) is 0 Å². The molecule has 1 N–H and O–H groups in total. The van der Waals surface area contributed by atoms with Crippen molar-refractivity contribution in [3.63, 3.8) is 0 Å². The molecule has 0 fully saturated rings. The van der Waals surface area contributed by atoms with E-state index in [0.29, 0.717) is 16.5 Å². The Hall–Kier alpha value is -3.53. The molecule has 2 aromatic carbocycles. The van der Waals surface area contributed by atoms with Crippen LogP contribution < -0.4 is 10.5 Å². The second-order valence-corrected chi connectivity index (χ2v) is 7.64. The molecule has 9 nitrogen and oxygen atoms in total. The van der Waals surface area contributed by atoms with E-state index in [0.717, 1.165) is 6.07 Å². The van der Waals surface area contributed by atoms with Gasteiger partial charge in [0.25, 0.3) is 15.7 Å². The van der Waals surface area contributed by atoms with Gasteiger partial charge in [-0.2, -0.15) is 18.4 Å². The van der Waals surface area contributed by atoms with Crippen LogP contribution in [0.1, 0.15) is 18.1 Å². The highest BCUT2D eigenvalue weighted by Crippen LogP contribution is 2.22. The van der Waals surface area contributed by atoms with Crippen molar-refractivity contribution < 1.29 is 17.8 Å². The van der Waals surface area contributed by atoms with Crippen LogP contribution in [0.3, 0.4) is 0 Å². The van der Waals surface area contributed by atoms with Crippen molar-refractivity contribution in [2.75, 3.05) is 0 Å². The lowest BCUT2D eigenvalue weighted by Crippen LogP contribution is -2.22. The van der Waals surface area contributed by atoms with Crippen LogP contribution in [0.4, 0.5) is 5.69 Å². The summed E-state index contributed by atoms with van der Waals surface area (Å²) in [4.78, 5) is 24.2. The number of nitrogens with zero attached hydrogens (tertiary/aromatic N) is 2. The minimum atomic E-state index is -4.17. The molecule has 0 aliphatic heterocycles. The van der Waals surface area contributed by atoms with Crippen LogP contribution in [0.25, 0.3) is 11.0 Å². The Morgan fingerprint density at radius 1 is 1.18 bits per heavy atom. The normalized spacial score (nSPS) is 12.1. The van der Waals surface area contributed by atoms with E-state index >= 15 is 0 Å². The summed E-state index contributed by atoms with van der Waals surface area (Å²) < 4.78 is 30.0. The van der Waals surface area contributed by atoms with Crippen molar-refractivity contribution in [2.24, 2.45) is 5.10 Å². The summed E-state index contributed by atoms with van der Waals surface area (Å²) in [5.74, 6) is 0. The highest BCUT2D eigenvalue weighted by molar-refractivity contribution is 7.89. The molecule has 0 aliphatic carbocycles. The number of nitro benzene ring substituents is 1. The molecule has 3 rings (SSSR count). The molecule has 144 valence electrons. The van der Waals surface area contributed by atoms with E-state index in [-0.39, 0.29) is 21.9 Å². The zero-order valence-electron chi connectivity index (χ0n) is 14.9. The number of fused-ring (bicyclic) bond motifs is 1. The number of hydrogen-bond donors (Lipinski definition) is 1. The summed E-state index contributed by atoms with van der Waals surface area (Å²) in [6, 6.07) is 11.9. The van der Waals surface area contributed by atoms with E-state index in [1.807, 2.05) is 4.83 Å². The number of rotatable bonds is 5. The Bertz CT molecular complexity index is 1280. The van der Waals surface area contributed by atoms with Crippen molar-refractivity contribution in [1.82, 2.24) is 4.83 Å². The second-order valence-electron chi connectivity index (χ2n) is 5.98. The van der Waals surface area contributed by atoms with Gasteiger partial charge >= 0.3 is 5.63 Å². The standard InChI is InChI=1S/C18H15N3O6S/c1-11-7-8-14(10-16(11)21(23)24)28(25,26)20-19-12(2)15-9-13-5-3-4-6-17(13)27-18(15)22/h3-10,20H,1-2H3/b19-12-. The highest BCUT2D eigenvalue weighted by atomic mass is 32.2. The van der Waals surface area contributed by atoms with Gasteiger partial charge in [-0.1, -0.05) is 24.3 Å². The third-order valence-electron chi connectivity index (χ3n) is 4.05. The third-order valence-corrected chi connectivity index (χ3v) is 5.26. The zero-order chi connectivity index (χ0) is 20.5. The van der Waals surface area contributed by atoms with Gasteiger partial charge < -0.3 is 4.42 Å². The van der Waals surface area contributed by atoms with Crippen LogP contribution in [0.2, 0.25) is 0 Å². The first-order valence-electron chi connectivity index (χ1n) is 8.03. The number of hydrazone groups is 1. The maximum absolute atomic E-state index is 12.4. The lowest BCUT2D eigenvalue weighted by molar-refractivity contribution is -0.385. The monoisotopic (exact) mass is 401 g/mol. The Labute approximate surface area is 159 Å². The minimum Gasteiger partial charge on any atom is -0.422 e. The molecule has 0 amide bonds. The first kappa shape index (κ1) is 19.2. The van der Waals surface area contributed by atoms with Gasteiger partial charge in [-0.05, 0) is 32.0 Å². The van der Waals surface area contributed by atoms with Crippen LogP contribution in [-0.4, -0.2) is 19.1 Å². The van der Waals surface area contributed by atoms with Crippen molar-refractivity contribution in [3.8, 4) is 0 Å². The van der Waals surface area contributed by atoms with Gasteiger partial charge in [0.2, 0.25) is 0 Å². The van der Waals surface area contributed by atoms with Gasteiger partial charge in [0, 0.05) is 17.0 Å². The average Bonchev–Trinajstić information content (AvgIpc) is 2.65. The first-order valence-corrected chi connectivity index (χ1v) is 9.52. The zero-order valence-corrected chi connectivity index (χ0v) is 15.7. The summed E-state index contributed by atoms with van der Waals surface area (Å²) in [6.07, 6.45) is 0. The molecule has 0 spiro atoms. The predicted molar refractivity (Wildman–Crippen MR) is 103 cm³/mol. The Balaban J connectivity index is 1.94. The van der Waals surface area contributed by atoms with Gasteiger partial charge in [0.15, 0.2) is 0 Å². The summed E-state index contributed by atoms with van der Waals surface area (Å²) in [5, 5.41) is 15.4. The van der Waals surface area contributed by atoms with Crippen molar-refractivity contribution >= 4 is 32.4 Å². The number of aryl methyl sites for hydroxylation is 1. The molecule has 3 aromatic rings. The molecule has 0 bridgehead atoms. The molecule has 1 heterocycles. The summed E-state index contributed by atoms with van der Waals surface area (Å²) in [7, 11) is -4.17. The van der Waals surface area contributed by atoms with Crippen LogP contribution in [0, 0.1) is 17.0 Å². The van der Waals surface area contributed by atoms with Crippen LogP contribution in [-0.2, 0) is 10.0 Å².